The van der Waals surface area contributed by atoms with E-state index >= 15 is 0 Å². The van der Waals surface area contributed by atoms with Crippen LogP contribution in [0.4, 0.5) is 17.6 Å². The van der Waals surface area contributed by atoms with Gasteiger partial charge < -0.3 is 22.9 Å². The summed E-state index contributed by atoms with van der Waals surface area (Å²) in [6, 6.07) is 3.57. The van der Waals surface area contributed by atoms with E-state index < -0.39 is 0 Å². The van der Waals surface area contributed by atoms with E-state index in [2.05, 4.69) is 30.1 Å². The molecular formula is C24H38N12. The highest BCUT2D eigenvalue weighted by Gasteiger charge is 2.24. The quantitative estimate of drug-likeness (QED) is 0.312. The third-order valence-corrected chi connectivity index (χ3v) is 5.39. The van der Waals surface area contributed by atoms with Gasteiger partial charge in [0.25, 0.3) is 17.8 Å². The minimum Gasteiger partial charge on any atom is -0.401 e. The van der Waals surface area contributed by atoms with Gasteiger partial charge in [0.1, 0.15) is 17.5 Å². The van der Waals surface area contributed by atoms with E-state index in [4.69, 9.17) is 22.9 Å². The van der Waals surface area contributed by atoms with Gasteiger partial charge >= 0.3 is 0 Å². The van der Waals surface area contributed by atoms with Crippen LogP contribution in [0.25, 0.3) is 11.9 Å². The van der Waals surface area contributed by atoms with E-state index in [9.17, 15) is 0 Å². The van der Waals surface area contributed by atoms with Crippen LogP contribution in [0.2, 0.25) is 0 Å². The highest BCUT2D eigenvalue weighted by atomic mass is 15.4. The van der Waals surface area contributed by atoms with Crippen LogP contribution in [-0.4, -0.2) is 40.3 Å². The van der Waals surface area contributed by atoms with E-state index in [0.29, 0.717) is 17.3 Å². The Hall–Kier alpha value is -3.96. The van der Waals surface area contributed by atoms with E-state index in [1.54, 1.807) is 18.2 Å². The topological polar surface area (TPSA) is 191 Å². The summed E-state index contributed by atoms with van der Waals surface area (Å²) in [6.45, 7) is 18.2. The normalized spacial score (nSPS) is 13.9. The Morgan fingerprint density at radius 3 is 1.50 bits per heavy atom. The predicted molar refractivity (Wildman–Crippen MR) is 143 cm³/mol. The summed E-state index contributed by atoms with van der Waals surface area (Å²) in [4.78, 5) is 17.8. The van der Waals surface area contributed by atoms with Crippen LogP contribution in [-0.2, 0) is 10.8 Å². The molecule has 3 aromatic rings. The number of hydrogen-bond donors (Lipinski definition) is 4. The number of aliphatic imine (C=N–C) groups is 1. The Kier molecular flexibility index (Phi) is 6.60. The monoisotopic (exact) mass is 494 g/mol. The van der Waals surface area contributed by atoms with Crippen molar-refractivity contribution in [2.24, 2.45) is 21.9 Å². The molecule has 0 aliphatic carbocycles. The van der Waals surface area contributed by atoms with Crippen molar-refractivity contribution in [2.45, 2.75) is 73.1 Å². The highest BCUT2D eigenvalue weighted by Crippen LogP contribution is 2.27. The summed E-state index contributed by atoms with van der Waals surface area (Å²) < 4.78 is 2.87. The maximum atomic E-state index is 6.28. The minimum absolute atomic E-state index is 0.0323. The second kappa shape index (κ2) is 8.92. The first-order valence-electron chi connectivity index (χ1n) is 11.7. The second-order valence-corrected chi connectivity index (χ2v) is 11.9. The van der Waals surface area contributed by atoms with Gasteiger partial charge in [0.15, 0.2) is 0 Å². The van der Waals surface area contributed by atoms with Crippen LogP contribution in [0.15, 0.2) is 28.9 Å². The molecule has 12 heteroatoms. The van der Waals surface area contributed by atoms with Crippen molar-refractivity contribution >= 4 is 23.4 Å². The van der Waals surface area contributed by atoms with E-state index in [1.165, 1.54) is 9.36 Å². The Balaban J connectivity index is 2.23. The summed E-state index contributed by atoms with van der Waals surface area (Å²) in [5.41, 5.74) is 26.3. The van der Waals surface area contributed by atoms with Gasteiger partial charge in [0.2, 0.25) is 0 Å². The number of amidine groups is 1. The van der Waals surface area contributed by atoms with Gasteiger partial charge in [0, 0.05) is 34.1 Å². The average molecular weight is 495 g/mol. The maximum absolute atomic E-state index is 6.28. The molecule has 194 valence electrons. The number of nitrogens with two attached hydrogens (primary N) is 4. The summed E-state index contributed by atoms with van der Waals surface area (Å²) >= 11 is 0. The molecule has 3 aromatic heterocycles. The van der Waals surface area contributed by atoms with E-state index in [0.717, 1.165) is 11.4 Å². The maximum Gasteiger partial charge on any atom is 0.259 e. The lowest BCUT2D eigenvalue weighted by Gasteiger charge is -2.18. The fourth-order valence-electron chi connectivity index (χ4n) is 2.95. The zero-order chi connectivity index (χ0) is 27.2. The molecule has 0 atom stereocenters. The molecule has 0 unspecified atom stereocenters. The van der Waals surface area contributed by atoms with Crippen molar-refractivity contribution in [3.63, 3.8) is 0 Å². The molecule has 12 nitrogen and oxygen atoms in total. The Labute approximate surface area is 211 Å². The van der Waals surface area contributed by atoms with Crippen molar-refractivity contribution in [2.75, 3.05) is 11.5 Å². The summed E-state index contributed by atoms with van der Waals surface area (Å²) in [5, 5.41) is 9.24. The molecule has 0 saturated heterocycles. The number of rotatable bonds is 4. The van der Waals surface area contributed by atoms with Crippen LogP contribution in [0, 0.1) is 5.41 Å². The smallest absolute Gasteiger partial charge is 0.259 e. The Bertz CT molecular complexity index is 1240. The molecule has 0 radical (unpaired) electrons. The van der Waals surface area contributed by atoms with Crippen molar-refractivity contribution in [3.05, 3.63) is 35.3 Å². The molecule has 8 N–H and O–H groups in total. The van der Waals surface area contributed by atoms with Crippen molar-refractivity contribution in [1.29, 1.82) is 0 Å². The SMILES string of the molecule is CC(C)(C)C(N)=CC(N)=Nc1nc(-n2nc(C(C)(C)C)cc2N)nc(-n2nc(C(C)(C)C)cc2N)n1. The fourth-order valence-corrected chi connectivity index (χ4v) is 2.95. The first-order valence-corrected chi connectivity index (χ1v) is 11.7. The van der Waals surface area contributed by atoms with E-state index in [1.807, 2.05) is 62.3 Å². The average Bonchev–Trinajstić information content (AvgIpc) is 3.29. The first kappa shape index (κ1) is 26.6. The third-order valence-electron chi connectivity index (χ3n) is 5.39. The number of aromatic nitrogens is 7. The molecule has 0 saturated carbocycles. The molecular weight excluding hydrogens is 456 g/mol. The minimum atomic E-state index is -0.282. The molecule has 0 aromatic carbocycles. The predicted octanol–water partition coefficient (Wildman–Crippen LogP) is 2.88. The van der Waals surface area contributed by atoms with Crippen LogP contribution >= 0.6 is 0 Å². The number of anilines is 2. The molecule has 36 heavy (non-hydrogen) atoms. The lowest BCUT2D eigenvalue weighted by molar-refractivity contribution is 0.498. The van der Waals surface area contributed by atoms with Crippen molar-refractivity contribution < 1.29 is 0 Å². The van der Waals surface area contributed by atoms with Gasteiger partial charge in [-0.1, -0.05) is 62.3 Å². The number of allylic oxidation sites excluding steroid dienone is 1. The molecule has 0 fully saturated rings. The number of hydrogen-bond acceptors (Lipinski definition) is 9. The molecule has 3 heterocycles. The zero-order valence-electron chi connectivity index (χ0n) is 22.6. The van der Waals surface area contributed by atoms with Crippen LogP contribution in [0.5, 0.6) is 0 Å². The summed E-state index contributed by atoms with van der Waals surface area (Å²) in [7, 11) is 0. The van der Waals surface area contributed by atoms with Gasteiger partial charge in [0.05, 0.1) is 11.4 Å². The Morgan fingerprint density at radius 1 is 0.750 bits per heavy atom. The number of nitrogen functional groups attached to an aromatic ring is 2. The standard InChI is InChI=1S/C24H38N12/c1-22(2,3)13(25)10-16(26)29-19-30-20(35-17(27)11-14(33-35)23(4,5)6)32-21(31-19)36-18(28)12-15(34-36)24(7,8)9/h10-12H,25,27-28H2,1-9H3,(H2,26,29,30,31,32). The molecule has 3 rings (SSSR count). The van der Waals surface area contributed by atoms with Crippen molar-refractivity contribution in [1.82, 2.24) is 34.5 Å². The molecule has 0 amide bonds. The van der Waals surface area contributed by atoms with Crippen LogP contribution < -0.4 is 22.9 Å². The number of nitrogens with zero attached hydrogens (tertiary/aromatic N) is 8. The third kappa shape index (κ3) is 5.81. The van der Waals surface area contributed by atoms with Gasteiger partial charge in [-0.25, -0.2) is 0 Å². The van der Waals surface area contributed by atoms with Crippen molar-refractivity contribution in [3.8, 4) is 11.9 Å². The Morgan fingerprint density at radius 2 is 1.17 bits per heavy atom. The fraction of sp³-hybridized carbons (Fsp3) is 0.500. The zero-order valence-corrected chi connectivity index (χ0v) is 22.6. The van der Waals surface area contributed by atoms with Crippen LogP contribution in [0.3, 0.4) is 0 Å². The molecule has 0 aliphatic rings. The largest absolute Gasteiger partial charge is 0.401 e. The van der Waals surface area contributed by atoms with Crippen LogP contribution in [0.1, 0.15) is 73.7 Å². The lowest BCUT2D eigenvalue weighted by atomic mass is 9.92. The van der Waals surface area contributed by atoms with Gasteiger partial charge in [-0.05, 0) is 6.08 Å². The first-order chi connectivity index (χ1) is 16.4. The summed E-state index contributed by atoms with van der Waals surface area (Å²) in [5.74, 6) is 1.20. The molecule has 0 spiro atoms. The second-order valence-electron chi connectivity index (χ2n) is 11.9. The lowest BCUT2D eigenvalue weighted by Crippen LogP contribution is -2.21. The highest BCUT2D eigenvalue weighted by molar-refractivity contribution is 5.93. The molecule has 0 bridgehead atoms. The van der Waals surface area contributed by atoms with Gasteiger partial charge in [-0.3, -0.25) is 0 Å². The van der Waals surface area contributed by atoms with Gasteiger partial charge in [-0.2, -0.15) is 39.5 Å². The van der Waals surface area contributed by atoms with Gasteiger partial charge in [-0.15, -0.1) is 0 Å². The summed E-state index contributed by atoms with van der Waals surface area (Å²) in [6.07, 6.45) is 1.59. The van der Waals surface area contributed by atoms with E-state index in [-0.39, 0.29) is 39.9 Å². The molecule has 0 aliphatic heterocycles.